The van der Waals surface area contributed by atoms with Gasteiger partial charge in [0.2, 0.25) is 0 Å². The maximum atomic E-state index is 13.3. The van der Waals surface area contributed by atoms with Crippen LogP contribution in [0.5, 0.6) is 5.75 Å². The number of halogens is 2. The van der Waals surface area contributed by atoms with Gasteiger partial charge < -0.3 is 16.2 Å². The molecule has 0 atom stereocenters. The zero-order valence-corrected chi connectivity index (χ0v) is 12.0. The van der Waals surface area contributed by atoms with Gasteiger partial charge >= 0.3 is 0 Å². The highest BCUT2D eigenvalue weighted by Gasteiger charge is 2.12. The standard InChI is InChI=1S/C14H12BrFN2O2/c15-9-4-8(5-10(16)6-9)7-20-13-11(14(18)19)2-1-3-12(13)17/h1-6H,7,17H2,(H2,18,19). The smallest absolute Gasteiger partial charge is 0.252 e. The molecule has 4 N–H and O–H groups in total. The molecule has 0 unspecified atom stereocenters. The minimum atomic E-state index is -0.632. The number of carbonyl (C=O) groups excluding carboxylic acids is 1. The van der Waals surface area contributed by atoms with E-state index in [0.717, 1.165) is 0 Å². The van der Waals surface area contributed by atoms with Gasteiger partial charge in [0.25, 0.3) is 5.91 Å². The van der Waals surface area contributed by atoms with Crippen LogP contribution >= 0.6 is 15.9 Å². The second-order valence-electron chi connectivity index (χ2n) is 4.15. The molecule has 0 spiro atoms. The lowest BCUT2D eigenvalue weighted by Gasteiger charge is -2.12. The van der Waals surface area contributed by atoms with Gasteiger partial charge in [0.15, 0.2) is 5.75 Å². The monoisotopic (exact) mass is 338 g/mol. The first-order valence-electron chi connectivity index (χ1n) is 5.73. The fraction of sp³-hybridized carbons (Fsp3) is 0.0714. The topological polar surface area (TPSA) is 78.3 Å². The van der Waals surface area contributed by atoms with Crippen LogP contribution in [0.15, 0.2) is 40.9 Å². The van der Waals surface area contributed by atoms with Crippen molar-refractivity contribution in [3.05, 3.63) is 57.8 Å². The van der Waals surface area contributed by atoms with Crippen LogP contribution in [-0.4, -0.2) is 5.91 Å². The van der Waals surface area contributed by atoms with Gasteiger partial charge in [-0.05, 0) is 35.9 Å². The van der Waals surface area contributed by atoms with E-state index >= 15 is 0 Å². The first kappa shape index (κ1) is 14.3. The minimum Gasteiger partial charge on any atom is -0.486 e. The highest BCUT2D eigenvalue weighted by atomic mass is 79.9. The molecule has 0 fully saturated rings. The Balaban J connectivity index is 2.25. The third kappa shape index (κ3) is 3.27. The number of hydrogen-bond donors (Lipinski definition) is 2. The molecule has 0 heterocycles. The predicted molar refractivity (Wildman–Crippen MR) is 77.8 cm³/mol. The number of amides is 1. The normalized spacial score (nSPS) is 10.3. The van der Waals surface area contributed by atoms with Gasteiger partial charge in [-0.15, -0.1) is 0 Å². The average molecular weight is 339 g/mol. The molecule has 20 heavy (non-hydrogen) atoms. The van der Waals surface area contributed by atoms with Crippen LogP contribution in [0.3, 0.4) is 0 Å². The van der Waals surface area contributed by atoms with E-state index in [9.17, 15) is 9.18 Å². The number of benzene rings is 2. The van der Waals surface area contributed by atoms with Gasteiger partial charge in [0, 0.05) is 4.47 Å². The molecule has 0 aliphatic rings. The first-order chi connectivity index (χ1) is 9.47. The Labute approximate surface area is 123 Å². The van der Waals surface area contributed by atoms with Crippen molar-refractivity contribution in [1.82, 2.24) is 0 Å². The zero-order chi connectivity index (χ0) is 14.7. The van der Waals surface area contributed by atoms with Crippen LogP contribution in [-0.2, 0) is 6.61 Å². The number of carbonyl (C=O) groups is 1. The van der Waals surface area contributed by atoms with Crippen molar-refractivity contribution in [3.63, 3.8) is 0 Å². The summed E-state index contributed by atoms with van der Waals surface area (Å²) in [6.45, 7) is 0.0743. The molecule has 1 amide bonds. The molecule has 0 aliphatic carbocycles. The van der Waals surface area contributed by atoms with Crippen LogP contribution in [0.2, 0.25) is 0 Å². The molecule has 0 saturated heterocycles. The summed E-state index contributed by atoms with van der Waals surface area (Å²) in [6.07, 6.45) is 0. The second kappa shape index (κ2) is 5.92. The van der Waals surface area contributed by atoms with Crippen molar-refractivity contribution in [2.24, 2.45) is 5.73 Å². The van der Waals surface area contributed by atoms with Gasteiger partial charge in [-0.25, -0.2) is 4.39 Å². The summed E-state index contributed by atoms with van der Waals surface area (Å²) in [5.41, 5.74) is 12.1. The third-order valence-electron chi connectivity index (χ3n) is 2.62. The van der Waals surface area contributed by atoms with Gasteiger partial charge in [0.1, 0.15) is 12.4 Å². The van der Waals surface area contributed by atoms with Crippen LogP contribution in [0, 0.1) is 5.82 Å². The fourth-order valence-electron chi connectivity index (χ4n) is 1.76. The summed E-state index contributed by atoms with van der Waals surface area (Å²) >= 11 is 3.20. The number of primary amides is 1. The van der Waals surface area contributed by atoms with E-state index < -0.39 is 5.91 Å². The molecule has 0 bridgehead atoms. The quantitative estimate of drug-likeness (QED) is 0.841. The molecule has 0 radical (unpaired) electrons. The van der Waals surface area contributed by atoms with Crippen molar-refractivity contribution in [2.45, 2.75) is 6.61 Å². The van der Waals surface area contributed by atoms with Gasteiger partial charge in [-0.2, -0.15) is 0 Å². The Kier molecular flexibility index (Phi) is 4.24. The molecule has 2 aromatic rings. The Hall–Kier alpha value is -2.08. The first-order valence-corrected chi connectivity index (χ1v) is 6.52. The Morgan fingerprint density at radius 3 is 2.70 bits per heavy atom. The number of anilines is 1. The maximum Gasteiger partial charge on any atom is 0.252 e. The lowest BCUT2D eigenvalue weighted by atomic mass is 10.1. The molecule has 0 aliphatic heterocycles. The van der Waals surface area contributed by atoms with Crippen molar-refractivity contribution in [1.29, 1.82) is 0 Å². The number of hydrogen-bond acceptors (Lipinski definition) is 3. The lowest BCUT2D eigenvalue weighted by Crippen LogP contribution is -2.14. The summed E-state index contributed by atoms with van der Waals surface area (Å²) in [5.74, 6) is -0.803. The second-order valence-corrected chi connectivity index (χ2v) is 5.07. The summed E-state index contributed by atoms with van der Waals surface area (Å²) in [4.78, 5) is 11.3. The molecule has 2 rings (SSSR count). The summed E-state index contributed by atoms with van der Waals surface area (Å²) in [5, 5.41) is 0. The molecular weight excluding hydrogens is 327 g/mol. The SMILES string of the molecule is NC(=O)c1cccc(N)c1OCc1cc(F)cc(Br)c1. The number of nitrogen functional groups attached to an aromatic ring is 1. The molecule has 6 heteroatoms. The summed E-state index contributed by atoms with van der Waals surface area (Å²) in [7, 11) is 0. The summed E-state index contributed by atoms with van der Waals surface area (Å²) < 4.78 is 19.4. The van der Waals surface area contributed by atoms with E-state index in [1.165, 1.54) is 18.2 Å². The third-order valence-corrected chi connectivity index (χ3v) is 3.07. The lowest BCUT2D eigenvalue weighted by molar-refractivity contribution is 0.0996. The van der Waals surface area contributed by atoms with Gasteiger partial charge in [0.05, 0.1) is 11.3 Å². The molecule has 104 valence electrons. The molecule has 4 nitrogen and oxygen atoms in total. The van der Waals surface area contributed by atoms with E-state index in [1.807, 2.05) is 0 Å². The fourth-order valence-corrected chi connectivity index (χ4v) is 2.27. The Morgan fingerprint density at radius 2 is 2.05 bits per heavy atom. The largest absolute Gasteiger partial charge is 0.486 e. The Bertz CT molecular complexity index is 641. The number of rotatable bonds is 4. The van der Waals surface area contributed by atoms with E-state index in [-0.39, 0.29) is 23.7 Å². The molecule has 2 aromatic carbocycles. The number of para-hydroxylation sites is 1. The highest BCUT2D eigenvalue weighted by molar-refractivity contribution is 9.10. The summed E-state index contributed by atoms with van der Waals surface area (Å²) in [6, 6.07) is 9.13. The molecule has 0 aromatic heterocycles. The molecular formula is C14H12BrFN2O2. The van der Waals surface area contributed by atoms with Crippen molar-refractivity contribution >= 4 is 27.5 Å². The van der Waals surface area contributed by atoms with Gasteiger partial charge in [-0.1, -0.05) is 22.0 Å². The van der Waals surface area contributed by atoms with Crippen LogP contribution < -0.4 is 16.2 Å². The Morgan fingerprint density at radius 1 is 1.30 bits per heavy atom. The average Bonchev–Trinajstić information content (AvgIpc) is 2.35. The van der Waals surface area contributed by atoms with Crippen LogP contribution in [0.25, 0.3) is 0 Å². The van der Waals surface area contributed by atoms with E-state index in [1.54, 1.807) is 18.2 Å². The number of ether oxygens (including phenoxy) is 1. The zero-order valence-electron chi connectivity index (χ0n) is 10.4. The van der Waals surface area contributed by atoms with Crippen LogP contribution in [0.1, 0.15) is 15.9 Å². The van der Waals surface area contributed by atoms with Gasteiger partial charge in [-0.3, -0.25) is 4.79 Å². The maximum absolute atomic E-state index is 13.3. The van der Waals surface area contributed by atoms with E-state index in [2.05, 4.69) is 15.9 Å². The predicted octanol–water partition coefficient (Wildman–Crippen LogP) is 2.85. The minimum absolute atomic E-state index is 0.0743. The molecule has 0 saturated carbocycles. The van der Waals surface area contributed by atoms with Crippen LogP contribution in [0.4, 0.5) is 10.1 Å². The van der Waals surface area contributed by atoms with Crippen molar-refractivity contribution in [3.8, 4) is 5.75 Å². The van der Waals surface area contributed by atoms with Crippen molar-refractivity contribution < 1.29 is 13.9 Å². The van der Waals surface area contributed by atoms with E-state index in [4.69, 9.17) is 16.2 Å². The highest BCUT2D eigenvalue weighted by Crippen LogP contribution is 2.27. The number of nitrogens with two attached hydrogens (primary N) is 2. The van der Waals surface area contributed by atoms with Crippen molar-refractivity contribution in [2.75, 3.05) is 5.73 Å². The van der Waals surface area contributed by atoms with E-state index in [0.29, 0.717) is 15.7 Å².